The molecular weight excluding hydrogens is 210 g/mol. The van der Waals surface area contributed by atoms with Gasteiger partial charge in [-0.15, -0.1) is 0 Å². The molecule has 1 rings (SSSR count). The van der Waals surface area contributed by atoms with Crippen LogP contribution in [0.1, 0.15) is 24.5 Å². The maximum absolute atomic E-state index is 6.06. The minimum atomic E-state index is 0.613. The number of nitrogens with two attached hydrogens (primary N) is 1. The first-order valence-electron chi connectivity index (χ1n) is 5.31. The van der Waals surface area contributed by atoms with Gasteiger partial charge in [0.1, 0.15) is 5.75 Å². The van der Waals surface area contributed by atoms with E-state index in [1.807, 2.05) is 19.1 Å². The average molecular weight is 228 g/mol. The molecule has 0 spiro atoms. The molecule has 0 aliphatic heterocycles. The molecule has 0 unspecified atom stereocenters. The van der Waals surface area contributed by atoms with Crippen LogP contribution in [-0.2, 0) is 6.42 Å². The number of halogens is 1. The maximum atomic E-state index is 6.06. The van der Waals surface area contributed by atoms with Crippen molar-refractivity contribution in [2.75, 3.05) is 13.2 Å². The van der Waals surface area contributed by atoms with Crippen molar-refractivity contribution in [3.8, 4) is 5.75 Å². The van der Waals surface area contributed by atoms with Crippen LogP contribution in [0.15, 0.2) is 12.1 Å². The van der Waals surface area contributed by atoms with Gasteiger partial charge in [-0.05, 0) is 49.6 Å². The zero-order valence-corrected chi connectivity index (χ0v) is 10.1. The predicted octanol–water partition coefficient (Wildman–Crippen LogP) is 2.94. The molecule has 0 bridgehead atoms. The van der Waals surface area contributed by atoms with Crippen molar-refractivity contribution in [2.45, 2.75) is 26.7 Å². The van der Waals surface area contributed by atoms with Crippen LogP contribution < -0.4 is 10.5 Å². The minimum absolute atomic E-state index is 0.613. The van der Waals surface area contributed by atoms with Gasteiger partial charge in [-0.25, -0.2) is 0 Å². The highest BCUT2D eigenvalue weighted by Gasteiger charge is 2.06. The number of ether oxygens (including phenoxy) is 1. The molecule has 3 heteroatoms. The molecule has 0 aromatic heterocycles. The van der Waals surface area contributed by atoms with E-state index in [2.05, 4.69) is 6.92 Å². The molecule has 0 fully saturated rings. The summed E-state index contributed by atoms with van der Waals surface area (Å²) in [5, 5.41) is 0.780. The van der Waals surface area contributed by atoms with E-state index >= 15 is 0 Å². The molecule has 84 valence electrons. The monoisotopic (exact) mass is 227 g/mol. The Hall–Kier alpha value is -0.730. The van der Waals surface area contributed by atoms with Crippen molar-refractivity contribution < 1.29 is 4.74 Å². The van der Waals surface area contributed by atoms with E-state index in [-0.39, 0.29) is 0 Å². The molecule has 1 aromatic carbocycles. The van der Waals surface area contributed by atoms with E-state index in [0.29, 0.717) is 6.54 Å². The highest BCUT2D eigenvalue weighted by molar-refractivity contribution is 6.31. The largest absolute Gasteiger partial charge is 0.493 e. The first kappa shape index (κ1) is 12.3. The zero-order chi connectivity index (χ0) is 11.3. The lowest BCUT2D eigenvalue weighted by Crippen LogP contribution is -2.06. The summed E-state index contributed by atoms with van der Waals surface area (Å²) in [6.07, 6.45) is 1.81. The molecule has 15 heavy (non-hydrogen) atoms. The molecule has 0 heterocycles. The van der Waals surface area contributed by atoms with Crippen molar-refractivity contribution >= 4 is 11.6 Å². The van der Waals surface area contributed by atoms with E-state index in [0.717, 1.165) is 41.3 Å². The van der Waals surface area contributed by atoms with Crippen molar-refractivity contribution in [1.82, 2.24) is 0 Å². The van der Waals surface area contributed by atoms with Gasteiger partial charge in [0.05, 0.1) is 6.61 Å². The van der Waals surface area contributed by atoms with Gasteiger partial charge in [-0.1, -0.05) is 18.5 Å². The Morgan fingerprint density at radius 3 is 2.73 bits per heavy atom. The van der Waals surface area contributed by atoms with E-state index < -0.39 is 0 Å². The summed E-state index contributed by atoms with van der Waals surface area (Å²) in [5.74, 6) is 0.921. The number of aryl methyl sites for hydroxylation is 1. The van der Waals surface area contributed by atoms with Crippen LogP contribution in [0.5, 0.6) is 5.75 Å². The van der Waals surface area contributed by atoms with Gasteiger partial charge in [-0.3, -0.25) is 0 Å². The van der Waals surface area contributed by atoms with Crippen molar-refractivity contribution in [3.63, 3.8) is 0 Å². The first-order valence-corrected chi connectivity index (χ1v) is 5.68. The maximum Gasteiger partial charge on any atom is 0.122 e. The third-order valence-electron chi connectivity index (χ3n) is 2.22. The van der Waals surface area contributed by atoms with E-state index in [1.165, 1.54) is 0 Å². The highest BCUT2D eigenvalue weighted by atomic mass is 35.5. The normalized spacial score (nSPS) is 10.4. The molecule has 0 saturated heterocycles. The summed E-state index contributed by atoms with van der Waals surface area (Å²) < 4.78 is 5.66. The van der Waals surface area contributed by atoms with Gasteiger partial charge in [0.2, 0.25) is 0 Å². The fraction of sp³-hybridized carbons (Fsp3) is 0.500. The molecule has 0 saturated carbocycles. The first-order chi connectivity index (χ1) is 7.19. The van der Waals surface area contributed by atoms with Crippen LogP contribution >= 0.6 is 11.6 Å². The smallest absolute Gasteiger partial charge is 0.122 e. The standard InChI is InChI=1S/C12H18ClNO/c1-3-6-15-12-7-9(2)11(13)8-10(12)4-5-14/h7-8H,3-6,14H2,1-2H3. The van der Waals surface area contributed by atoms with Gasteiger partial charge >= 0.3 is 0 Å². The molecule has 0 radical (unpaired) electrons. The van der Waals surface area contributed by atoms with Gasteiger partial charge in [0, 0.05) is 5.02 Å². The zero-order valence-electron chi connectivity index (χ0n) is 9.35. The molecule has 0 aliphatic rings. The lowest BCUT2D eigenvalue weighted by Gasteiger charge is -2.12. The van der Waals surface area contributed by atoms with E-state index in [9.17, 15) is 0 Å². The predicted molar refractivity (Wildman–Crippen MR) is 64.7 cm³/mol. The topological polar surface area (TPSA) is 35.2 Å². The van der Waals surface area contributed by atoms with E-state index in [1.54, 1.807) is 0 Å². The summed E-state index contributed by atoms with van der Waals surface area (Å²) in [5.41, 5.74) is 7.69. The van der Waals surface area contributed by atoms with Gasteiger partial charge < -0.3 is 10.5 Å². The summed E-state index contributed by atoms with van der Waals surface area (Å²) in [6.45, 7) is 5.42. The second kappa shape index (κ2) is 5.99. The van der Waals surface area contributed by atoms with Gasteiger partial charge in [-0.2, -0.15) is 0 Å². The fourth-order valence-corrected chi connectivity index (χ4v) is 1.58. The van der Waals surface area contributed by atoms with Crippen LogP contribution in [0, 0.1) is 6.92 Å². The second-order valence-electron chi connectivity index (χ2n) is 3.60. The second-order valence-corrected chi connectivity index (χ2v) is 4.00. The minimum Gasteiger partial charge on any atom is -0.493 e. The number of rotatable bonds is 5. The molecule has 0 aliphatic carbocycles. The SMILES string of the molecule is CCCOc1cc(C)c(Cl)cc1CCN. The summed E-state index contributed by atoms with van der Waals surface area (Å²) in [4.78, 5) is 0. The van der Waals surface area contributed by atoms with Crippen molar-refractivity contribution in [3.05, 3.63) is 28.3 Å². The van der Waals surface area contributed by atoms with Crippen LogP contribution in [0.4, 0.5) is 0 Å². The Balaban J connectivity index is 2.93. The number of hydrogen-bond donors (Lipinski definition) is 1. The lowest BCUT2D eigenvalue weighted by molar-refractivity contribution is 0.314. The van der Waals surface area contributed by atoms with Crippen LogP contribution in [0.25, 0.3) is 0 Å². The fourth-order valence-electron chi connectivity index (χ4n) is 1.39. The van der Waals surface area contributed by atoms with Crippen LogP contribution in [-0.4, -0.2) is 13.2 Å². The molecule has 0 atom stereocenters. The third-order valence-corrected chi connectivity index (χ3v) is 2.62. The molecule has 2 N–H and O–H groups in total. The highest BCUT2D eigenvalue weighted by Crippen LogP contribution is 2.27. The molecule has 0 amide bonds. The summed E-state index contributed by atoms with van der Waals surface area (Å²) >= 11 is 6.06. The lowest BCUT2D eigenvalue weighted by atomic mass is 10.1. The Morgan fingerprint density at radius 1 is 1.40 bits per heavy atom. The molecular formula is C12H18ClNO. The van der Waals surface area contributed by atoms with Crippen LogP contribution in [0.2, 0.25) is 5.02 Å². The van der Waals surface area contributed by atoms with Gasteiger partial charge in [0.25, 0.3) is 0 Å². The summed E-state index contributed by atoms with van der Waals surface area (Å²) in [6, 6.07) is 3.94. The number of hydrogen-bond acceptors (Lipinski definition) is 2. The average Bonchev–Trinajstić information content (AvgIpc) is 2.21. The molecule has 2 nitrogen and oxygen atoms in total. The van der Waals surface area contributed by atoms with Gasteiger partial charge in [0.15, 0.2) is 0 Å². The Bertz CT molecular complexity index is 326. The van der Waals surface area contributed by atoms with Crippen LogP contribution in [0.3, 0.4) is 0 Å². The van der Waals surface area contributed by atoms with Crippen molar-refractivity contribution in [1.29, 1.82) is 0 Å². The van der Waals surface area contributed by atoms with Crippen molar-refractivity contribution in [2.24, 2.45) is 5.73 Å². The number of benzene rings is 1. The Morgan fingerprint density at radius 2 is 2.13 bits per heavy atom. The van der Waals surface area contributed by atoms with E-state index in [4.69, 9.17) is 22.1 Å². The quantitative estimate of drug-likeness (QED) is 0.840. The Kier molecular flexibility index (Phi) is 4.92. The third kappa shape index (κ3) is 3.40. The molecule has 1 aromatic rings. The summed E-state index contributed by atoms with van der Waals surface area (Å²) in [7, 11) is 0. The Labute approximate surface area is 96.4 Å².